The van der Waals surface area contributed by atoms with E-state index in [4.69, 9.17) is 9.73 Å². The second-order valence-corrected chi connectivity index (χ2v) is 7.34. The minimum Gasteiger partial charge on any atom is -0.466 e. The predicted octanol–water partition coefficient (Wildman–Crippen LogP) is 1.96. The summed E-state index contributed by atoms with van der Waals surface area (Å²) in [5.41, 5.74) is 0. The standard InChI is InChI=1S/C19H36N4O2/c1-4-20-19(21-13-16(3)14-22-10-6-7-11-22)23-12-8-9-17(15-23)18(24)25-5-2/h16-17H,4-15H2,1-3H3,(H,20,21). The Morgan fingerprint density at radius 1 is 1.24 bits per heavy atom. The molecule has 2 atom stereocenters. The summed E-state index contributed by atoms with van der Waals surface area (Å²) < 4.78 is 5.21. The predicted molar refractivity (Wildman–Crippen MR) is 102 cm³/mol. The molecule has 0 radical (unpaired) electrons. The molecule has 0 aliphatic carbocycles. The molecule has 2 unspecified atom stereocenters. The van der Waals surface area contributed by atoms with Crippen LogP contribution in [0.25, 0.3) is 0 Å². The third-order valence-corrected chi connectivity index (χ3v) is 5.00. The quantitative estimate of drug-likeness (QED) is 0.431. The lowest BCUT2D eigenvalue weighted by Crippen LogP contribution is -2.48. The van der Waals surface area contributed by atoms with Crippen LogP contribution in [0.5, 0.6) is 0 Å². The van der Waals surface area contributed by atoms with Gasteiger partial charge < -0.3 is 19.9 Å². The van der Waals surface area contributed by atoms with Crippen LogP contribution in [-0.4, -0.2) is 74.1 Å². The van der Waals surface area contributed by atoms with Gasteiger partial charge in [-0.3, -0.25) is 9.79 Å². The van der Waals surface area contributed by atoms with Gasteiger partial charge in [-0.2, -0.15) is 0 Å². The van der Waals surface area contributed by atoms with Gasteiger partial charge in [0, 0.05) is 32.7 Å². The first-order valence-corrected chi connectivity index (χ1v) is 10.1. The van der Waals surface area contributed by atoms with E-state index in [-0.39, 0.29) is 11.9 Å². The Labute approximate surface area is 153 Å². The number of nitrogens with one attached hydrogen (secondary N) is 1. The maximum absolute atomic E-state index is 12.1. The van der Waals surface area contributed by atoms with Gasteiger partial charge in [-0.25, -0.2) is 0 Å². The van der Waals surface area contributed by atoms with Gasteiger partial charge in [0.05, 0.1) is 12.5 Å². The van der Waals surface area contributed by atoms with Crippen LogP contribution < -0.4 is 5.32 Å². The maximum Gasteiger partial charge on any atom is 0.310 e. The molecule has 0 saturated carbocycles. The third kappa shape index (κ3) is 6.49. The largest absolute Gasteiger partial charge is 0.466 e. The Morgan fingerprint density at radius 2 is 2.00 bits per heavy atom. The summed E-state index contributed by atoms with van der Waals surface area (Å²) in [4.78, 5) is 21.7. The summed E-state index contributed by atoms with van der Waals surface area (Å²) >= 11 is 0. The maximum atomic E-state index is 12.1. The van der Waals surface area contributed by atoms with Crippen molar-refractivity contribution in [1.29, 1.82) is 0 Å². The van der Waals surface area contributed by atoms with Crippen LogP contribution in [0.15, 0.2) is 4.99 Å². The number of likely N-dealkylation sites (tertiary alicyclic amines) is 2. The van der Waals surface area contributed by atoms with Crippen molar-refractivity contribution in [3.63, 3.8) is 0 Å². The number of aliphatic imine (C=N–C) groups is 1. The normalized spacial score (nSPS) is 23.6. The molecule has 2 aliphatic heterocycles. The summed E-state index contributed by atoms with van der Waals surface area (Å²) in [5.74, 6) is 1.41. The molecule has 25 heavy (non-hydrogen) atoms. The second-order valence-electron chi connectivity index (χ2n) is 7.34. The number of hydrogen-bond donors (Lipinski definition) is 1. The van der Waals surface area contributed by atoms with Crippen molar-refractivity contribution >= 4 is 11.9 Å². The molecule has 1 N–H and O–H groups in total. The molecule has 6 nitrogen and oxygen atoms in total. The summed E-state index contributed by atoms with van der Waals surface area (Å²) in [6.45, 7) is 13.7. The Morgan fingerprint density at radius 3 is 2.68 bits per heavy atom. The molecule has 2 saturated heterocycles. The molecule has 0 bridgehead atoms. The van der Waals surface area contributed by atoms with Gasteiger partial charge in [0.1, 0.15) is 0 Å². The molecular weight excluding hydrogens is 316 g/mol. The molecule has 0 aromatic heterocycles. The number of nitrogens with zero attached hydrogens (tertiary/aromatic N) is 3. The minimum absolute atomic E-state index is 0.0282. The third-order valence-electron chi connectivity index (χ3n) is 5.00. The van der Waals surface area contributed by atoms with Gasteiger partial charge in [0.15, 0.2) is 5.96 Å². The molecule has 2 fully saturated rings. The zero-order valence-electron chi connectivity index (χ0n) is 16.3. The van der Waals surface area contributed by atoms with E-state index in [1.54, 1.807) is 0 Å². The van der Waals surface area contributed by atoms with E-state index in [1.165, 1.54) is 25.9 Å². The number of hydrogen-bond acceptors (Lipinski definition) is 4. The molecule has 144 valence electrons. The first-order valence-electron chi connectivity index (χ1n) is 10.1. The summed E-state index contributed by atoms with van der Waals surface area (Å²) in [7, 11) is 0. The monoisotopic (exact) mass is 352 g/mol. The van der Waals surface area contributed by atoms with Crippen LogP contribution in [0.4, 0.5) is 0 Å². The lowest BCUT2D eigenvalue weighted by atomic mass is 9.98. The highest BCUT2D eigenvalue weighted by Gasteiger charge is 2.28. The Bertz CT molecular complexity index is 435. The molecule has 0 amide bonds. The Balaban J connectivity index is 1.89. The van der Waals surface area contributed by atoms with Crippen molar-refractivity contribution in [3.05, 3.63) is 0 Å². The van der Waals surface area contributed by atoms with Crippen molar-refractivity contribution in [2.24, 2.45) is 16.8 Å². The number of piperidine rings is 1. The fraction of sp³-hybridized carbons (Fsp3) is 0.895. The number of esters is 1. The van der Waals surface area contributed by atoms with Gasteiger partial charge in [-0.1, -0.05) is 6.92 Å². The molecule has 6 heteroatoms. The molecule has 2 heterocycles. The topological polar surface area (TPSA) is 57.2 Å². The number of guanidine groups is 1. The SMILES string of the molecule is CCNC(=NCC(C)CN1CCCC1)N1CCCC(C(=O)OCC)C1. The van der Waals surface area contributed by atoms with Crippen molar-refractivity contribution in [2.45, 2.75) is 46.5 Å². The van der Waals surface area contributed by atoms with Crippen LogP contribution in [0.1, 0.15) is 46.5 Å². The van der Waals surface area contributed by atoms with Crippen molar-refractivity contribution in [1.82, 2.24) is 15.1 Å². The molecule has 0 spiro atoms. The Kier molecular flexibility index (Phi) is 8.52. The highest BCUT2D eigenvalue weighted by Crippen LogP contribution is 2.18. The van der Waals surface area contributed by atoms with Gasteiger partial charge >= 0.3 is 5.97 Å². The molecule has 0 aromatic carbocycles. The van der Waals surface area contributed by atoms with Gasteiger partial charge in [0.25, 0.3) is 0 Å². The van der Waals surface area contributed by atoms with E-state index in [2.05, 4.69) is 29.0 Å². The highest BCUT2D eigenvalue weighted by molar-refractivity contribution is 5.81. The highest BCUT2D eigenvalue weighted by atomic mass is 16.5. The van der Waals surface area contributed by atoms with Crippen LogP contribution in [0, 0.1) is 11.8 Å². The average molecular weight is 353 g/mol. The van der Waals surface area contributed by atoms with Crippen LogP contribution in [0.2, 0.25) is 0 Å². The fourth-order valence-corrected chi connectivity index (χ4v) is 3.75. The van der Waals surface area contributed by atoms with E-state index >= 15 is 0 Å². The van der Waals surface area contributed by atoms with Crippen LogP contribution in [-0.2, 0) is 9.53 Å². The first kappa shape index (κ1) is 20.0. The van der Waals surface area contributed by atoms with Gasteiger partial charge in [-0.05, 0) is 58.5 Å². The molecular formula is C19H36N4O2. The average Bonchev–Trinajstić information content (AvgIpc) is 3.12. The number of rotatable bonds is 7. The van der Waals surface area contributed by atoms with Crippen molar-refractivity contribution < 1.29 is 9.53 Å². The molecule has 0 aromatic rings. The summed E-state index contributed by atoms with van der Waals surface area (Å²) in [5, 5.41) is 3.40. The van der Waals surface area contributed by atoms with E-state index in [9.17, 15) is 4.79 Å². The zero-order valence-corrected chi connectivity index (χ0v) is 16.3. The van der Waals surface area contributed by atoms with Crippen molar-refractivity contribution in [2.75, 3.05) is 52.4 Å². The van der Waals surface area contributed by atoms with E-state index in [0.717, 1.165) is 45.0 Å². The lowest BCUT2D eigenvalue weighted by Gasteiger charge is -2.34. The summed E-state index contributed by atoms with van der Waals surface area (Å²) in [6, 6.07) is 0. The molecule has 2 aliphatic rings. The second kappa shape index (κ2) is 10.6. The fourth-order valence-electron chi connectivity index (χ4n) is 3.75. The van der Waals surface area contributed by atoms with Crippen molar-refractivity contribution in [3.8, 4) is 0 Å². The van der Waals surface area contributed by atoms with E-state index < -0.39 is 0 Å². The zero-order chi connectivity index (χ0) is 18.1. The van der Waals surface area contributed by atoms with E-state index in [0.29, 0.717) is 19.1 Å². The number of carbonyl (C=O) groups is 1. The molecule has 2 rings (SSSR count). The first-order chi connectivity index (χ1) is 12.1. The lowest BCUT2D eigenvalue weighted by molar-refractivity contribution is -0.149. The van der Waals surface area contributed by atoms with Gasteiger partial charge in [-0.15, -0.1) is 0 Å². The van der Waals surface area contributed by atoms with Crippen LogP contribution in [0.3, 0.4) is 0 Å². The number of carbonyl (C=O) groups excluding carboxylic acids is 1. The van der Waals surface area contributed by atoms with Crippen LogP contribution >= 0.6 is 0 Å². The van der Waals surface area contributed by atoms with E-state index in [1.807, 2.05) is 6.92 Å². The number of ether oxygens (including phenoxy) is 1. The Hall–Kier alpha value is -1.30. The minimum atomic E-state index is -0.0644. The summed E-state index contributed by atoms with van der Waals surface area (Å²) in [6.07, 6.45) is 4.60. The smallest absolute Gasteiger partial charge is 0.310 e. The van der Waals surface area contributed by atoms with Gasteiger partial charge in [0.2, 0.25) is 0 Å².